The van der Waals surface area contributed by atoms with Gasteiger partial charge in [-0.05, 0) is 49.4 Å². The molecule has 18 heavy (non-hydrogen) atoms. The number of pyridine rings is 1. The van der Waals surface area contributed by atoms with Gasteiger partial charge >= 0.3 is 0 Å². The maximum Gasteiger partial charge on any atom is 0.0810 e. The number of benzene rings is 1. The van der Waals surface area contributed by atoms with Gasteiger partial charge in [0.1, 0.15) is 0 Å². The van der Waals surface area contributed by atoms with E-state index in [-0.39, 0.29) is 0 Å². The predicted molar refractivity (Wildman–Crippen MR) is 73.4 cm³/mol. The predicted octanol–water partition coefficient (Wildman–Crippen LogP) is 3.36. The Morgan fingerprint density at radius 1 is 1.11 bits per heavy atom. The summed E-state index contributed by atoms with van der Waals surface area (Å²) in [6.45, 7) is 4.12. The monoisotopic (exact) mass is 241 g/mol. The first kappa shape index (κ1) is 12.8. The summed E-state index contributed by atoms with van der Waals surface area (Å²) in [7, 11) is 0. The smallest absolute Gasteiger partial charge is 0.0810 e. The van der Waals surface area contributed by atoms with E-state index in [9.17, 15) is 5.11 Å². The van der Waals surface area contributed by atoms with Crippen LogP contribution in [0, 0.1) is 13.8 Å². The van der Waals surface area contributed by atoms with Crippen molar-refractivity contribution in [3.63, 3.8) is 0 Å². The van der Waals surface area contributed by atoms with Gasteiger partial charge in [0.15, 0.2) is 0 Å². The van der Waals surface area contributed by atoms with Crippen LogP contribution in [-0.4, -0.2) is 10.1 Å². The summed E-state index contributed by atoms with van der Waals surface area (Å²) in [6.07, 6.45) is 4.71. The minimum atomic E-state index is -0.432. The number of aliphatic hydroxyl groups excluding tert-OH is 1. The van der Waals surface area contributed by atoms with Gasteiger partial charge in [-0.15, -0.1) is 0 Å². The van der Waals surface area contributed by atoms with Crippen molar-refractivity contribution in [2.75, 3.05) is 0 Å². The number of aryl methyl sites for hydroxylation is 3. The average Bonchev–Trinajstić information content (AvgIpc) is 2.38. The molecule has 1 aromatic heterocycles. The van der Waals surface area contributed by atoms with Gasteiger partial charge in [-0.25, -0.2) is 0 Å². The molecule has 94 valence electrons. The molecular weight excluding hydrogens is 222 g/mol. The second-order valence-electron chi connectivity index (χ2n) is 4.71. The van der Waals surface area contributed by atoms with E-state index in [0.717, 1.165) is 24.0 Å². The van der Waals surface area contributed by atoms with Gasteiger partial charge in [-0.1, -0.05) is 24.3 Å². The quantitative estimate of drug-likeness (QED) is 0.890. The Kier molecular flexibility index (Phi) is 4.11. The molecule has 0 aliphatic rings. The Hall–Kier alpha value is -1.67. The molecule has 2 nitrogen and oxygen atoms in total. The zero-order chi connectivity index (χ0) is 13.0. The Morgan fingerprint density at radius 3 is 2.61 bits per heavy atom. The Balaban J connectivity index is 2.03. The molecular formula is C16H19NO. The highest BCUT2D eigenvalue weighted by Gasteiger charge is 2.10. The normalized spacial score (nSPS) is 12.4. The van der Waals surface area contributed by atoms with Crippen molar-refractivity contribution >= 4 is 0 Å². The highest BCUT2D eigenvalue weighted by molar-refractivity contribution is 5.27. The van der Waals surface area contributed by atoms with Gasteiger partial charge in [0, 0.05) is 18.0 Å². The van der Waals surface area contributed by atoms with E-state index in [0.29, 0.717) is 0 Å². The van der Waals surface area contributed by atoms with Crippen LogP contribution in [0.4, 0.5) is 0 Å². The first-order valence-corrected chi connectivity index (χ1v) is 6.31. The molecule has 1 aromatic carbocycles. The van der Waals surface area contributed by atoms with Crippen LogP contribution in [0.3, 0.4) is 0 Å². The summed E-state index contributed by atoms with van der Waals surface area (Å²) < 4.78 is 0. The van der Waals surface area contributed by atoms with Crippen LogP contribution in [-0.2, 0) is 6.42 Å². The highest BCUT2D eigenvalue weighted by atomic mass is 16.3. The fourth-order valence-electron chi connectivity index (χ4n) is 2.16. The van der Waals surface area contributed by atoms with Crippen LogP contribution in [0.15, 0.2) is 42.7 Å². The summed E-state index contributed by atoms with van der Waals surface area (Å²) in [6, 6.07) is 10.3. The summed E-state index contributed by atoms with van der Waals surface area (Å²) in [5, 5.41) is 10.2. The molecule has 1 unspecified atom stereocenters. The van der Waals surface area contributed by atoms with Crippen molar-refractivity contribution in [3.05, 3.63) is 65.0 Å². The molecule has 0 bridgehead atoms. The van der Waals surface area contributed by atoms with E-state index < -0.39 is 6.10 Å². The summed E-state index contributed by atoms with van der Waals surface area (Å²) in [5.74, 6) is 0. The first-order valence-electron chi connectivity index (χ1n) is 6.31. The summed E-state index contributed by atoms with van der Waals surface area (Å²) >= 11 is 0. The second-order valence-corrected chi connectivity index (χ2v) is 4.71. The summed E-state index contributed by atoms with van der Waals surface area (Å²) in [4.78, 5) is 4.08. The fraction of sp³-hybridized carbons (Fsp3) is 0.312. The third-order valence-electron chi connectivity index (χ3n) is 3.39. The number of hydrogen-bond donors (Lipinski definition) is 1. The number of hydrogen-bond acceptors (Lipinski definition) is 2. The molecule has 0 amide bonds. The second kappa shape index (κ2) is 5.78. The number of rotatable bonds is 4. The van der Waals surface area contributed by atoms with Gasteiger partial charge in [0.25, 0.3) is 0 Å². The molecule has 1 heterocycles. The summed E-state index contributed by atoms with van der Waals surface area (Å²) in [5.41, 5.74) is 4.62. The van der Waals surface area contributed by atoms with Gasteiger partial charge in [-0.2, -0.15) is 0 Å². The van der Waals surface area contributed by atoms with Crippen LogP contribution in [0.2, 0.25) is 0 Å². The fourth-order valence-corrected chi connectivity index (χ4v) is 2.16. The van der Waals surface area contributed by atoms with Crippen molar-refractivity contribution in [2.24, 2.45) is 0 Å². The van der Waals surface area contributed by atoms with Crippen molar-refractivity contribution < 1.29 is 5.11 Å². The van der Waals surface area contributed by atoms with Gasteiger partial charge < -0.3 is 5.11 Å². The lowest BCUT2D eigenvalue weighted by atomic mass is 9.97. The van der Waals surface area contributed by atoms with Crippen molar-refractivity contribution in [3.8, 4) is 0 Å². The highest BCUT2D eigenvalue weighted by Crippen LogP contribution is 2.22. The molecule has 0 fully saturated rings. The van der Waals surface area contributed by atoms with Gasteiger partial charge in [0.2, 0.25) is 0 Å². The molecule has 2 rings (SSSR count). The number of aromatic nitrogens is 1. The third kappa shape index (κ3) is 2.96. The van der Waals surface area contributed by atoms with E-state index in [1.54, 1.807) is 12.4 Å². The van der Waals surface area contributed by atoms with Crippen LogP contribution in [0.25, 0.3) is 0 Å². The largest absolute Gasteiger partial charge is 0.388 e. The molecule has 0 spiro atoms. The lowest BCUT2D eigenvalue weighted by molar-refractivity contribution is 0.166. The molecule has 0 saturated carbocycles. The Bertz CT molecular complexity index is 522. The van der Waals surface area contributed by atoms with Crippen LogP contribution < -0.4 is 0 Å². The SMILES string of the molecule is Cc1ccccc1CCC(O)c1cnccc1C. The third-order valence-corrected chi connectivity index (χ3v) is 3.39. The first-order chi connectivity index (χ1) is 8.68. The maximum atomic E-state index is 10.2. The lowest BCUT2D eigenvalue weighted by Crippen LogP contribution is -2.03. The molecule has 0 saturated heterocycles. The zero-order valence-electron chi connectivity index (χ0n) is 10.9. The molecule has 1 N–H and O–H groups in total. The maximum absolute atomic E-state index is 10.2. The molecule has 0 radical (unpaired) electrons. The van der Waals surface area contributed by atoms with Gasteiger partial charge in [-0.3, -0.25) is 4.98 Å². The number of nitrogens with zero attached hydrogens (tertiary/aromatic N) is 1. The number of aliphatic hydroxyl groups is 1. The van der Waals surface area contributed by atoms with Crippen molar-refractivity contribution in [1.29, 1.82) is 0 Å². The van der Waals surface area contributed by atoms with Crippen LogP contribution in [0.5, 0.6) is 0 Å². The zero-order valence-corrected chi connectivity index (χ0v) is 10.9. The van der Waals surface area contributed by atoms with E-state index in [1.807, 2.05) is 25.1 Å². The Labute approximate surface area is 108 Å². The average molecular weight is 241 g/mol. The van der Waals surface area contributed by atoms with E-state index in [2.05, 4.69) is 24.0 Å². The molecule has 1 atom stereocenters. The minimum absolute atomic E-state index is 0.432. The van der Waals surface area contributed by atoms with Gasteiger partial charge in [0.05, 0.1) is 6.10 Å². The Morgan fingerprint density at radius 2 is 1.89 bits per heavy atom. The van der Waals surface area contributed by atoms with Crippen molar-refractivity contribution in [2.45, 2.75) is 32.8 Å². The molecule has 0 aliphatic carbocycles. The van der Waals surface area contributed by atoms with E-state index in [1.165, 1.54) is 11.1 Å². The standard InChI is InChI=1S/C16H19NO/c1-12-5-3-4-6-14(12)7-8-16(18)15-11-17-10-9-13(15)2/h3-6,9-11,16,18H,7-8H2,1-2H3. The van der Waals surface area contributed by atoms with E-state index in [4.69, 9.17) is 0 Å². The minimum Gasteiger partial charge on any atom is -0.388 e. The van der Waals surface area contributed by atoms with Crippen LogP contribution >= 0.6 is 0 Å². The van der Waals surface area contributed by atoms with Crippen molar-refractivity contribution in [1.82, 2.24) is 4.98 Å². The molecule has 2 aromatic rings. The molecule has 2 heteroatoms. The molecule has 0 aliphatic heterocycles. The van der Waals surface area contributed by atoms with E-state index >= 15 is 0 Å². The lowest BCUT2D eigenvalue weighted by Gasteiger charge is -2.13. The van der Waals surface area contributed by atoms with Crippen LogP contribution in [0.1, 0.15) is 34.8 Å². The topological polar surface area (TPSA) is 33.1 Å².